The monoisotopic (exact) mass is 261 g/mol. The van der Waals surface area contributed by atoms with Crippen molar-refractivity contribution in [3.63, 3.8) is 0 Å². The molecule has 0 fully saturated rings. The van der Waals surface area contributed by atoms with Gasteiger partial charge in [-0.2, -0.15) is 0 Å². The highest BCUT2D eigenvalue weighted by atomic mass is 19.1. The second-order valence-electron chi connectivity index (χ2n) is 3.80. The van der Waals surface area contributed by atoms with Crippen molar-refractivity contribution in [2.45, 2.75) is 0 Å². The number of nitrogen functional groups attached to an aromatic ring is 1. The van der Waals surface area contributed by atoms with Crippen LogP contribution in [0.5, 0.6) is 11.5 Å². The number of anilines is 1. The molecule has 0 amide bonds. The number of methoxy groups -OCH3 is 1. The molecule has 98 valence electrons. The van der Waals surface area contributed by atoms with Gasteiger partial charge in [0.2, 0.25) is 0 Å². The van der Waals surface area contributed by atoms with Gasteiger partial charge in [0.05, 0.1) is 18.4 Å². The first kappa shape index (κ1) is 12.9. The van der Waals surface area contributed by atoms with Gasteiger partial charge in [-0.15, -0.1) is 0 Å². The van der Waals surface area contributed by atoms with Gasteiger partial charge in [-0.25, -0.2) is 9.18 Å². The largest absolute Gasteiger partial charge is 0.465 e. The van der Waals surface area contributed by atoms with Crippen molar-refractivity contribution in [2.75, 3.05) is 12.8 Å². The molecule has 0 bridgehead atoms. The van der Waals surface area contributed by atoms with E-state index in [9.17, 15) is 9.18 Å². The van der Waals surface area contributed by atoms with Gasteiger partial charge in [-0.05, 0) is 30.3 Å². The molecular weight excluding hydrogens is 249 g/mol. The Morgan fingerprint density at radius 2 is 2.00 bits per heavy atom. The van der Waals surface area contributed by atoms with Gasteiger partial charge in [-0.3, -0.25) is 0 Å². The third kappa shape index (κ3) is 3.01. The van der Waals surface area contributed by atoms with E-state index < -0.39 is 11.8 Å². The summed E-state index contributed by atoms with van der Waals surface area (Å²) in [6, 6.07) is 10.3. The van der Waals surface area contributed by atoms with Crippen LogP contribution in [0, 0.1) is 5.82 Å². The van der Waals surface area contributed by atoms with E-state index in [4.69, 9.17) is 10.5 Å². The quantitative estimate of drug-likeness (QED) is 0.681. The number of carbonyl (C=O) groups is 1. The second-order valence-corrected chi connectivity index (χ2v) is 3.80. The van der Waals surface area contributed by atoms with Crippen LogP contribution in [0.2, 0.25) is 0 Å². The van der Waals surface area contributed by atoms with Crippen molar-refractivity contribution in [3.05, 3.63) is 53.8 Å². The summed E-state index contributed by atoms with van der Waals surface area (Å²) in [6.45, 7) is 0. The van der Waals surface area contributed by atoms with E-state index in [1.807, 2.05) is 0 Å². The van der Waals surface area contributed by atoms with E-state index in [-0.39, 0.29) is 5.69 Å². The summed E-state index contributed by atoms with van der Waals surface area (Å²) in [7, 11) is 1.30. The molecule has 0 saturated carbocycles. The standard InChI is InChI=1S/C14H12FNO3/c1-18-14(17)9-3-2-4-11(7-9)19-13-6-5-10(15)8-12(13)16/h2-8H,16H2,1H3. The van der Waals surface area contributed by atoms with Gasteiger partial charge in [0, 0.05) is 6.07 Å². The minimum absolute atomic E-state index is 0.184. The van der Waals surface area contributed by atoms with E-state index in [0.29, 0.717) is 17.1 Å². The predicted octanol–water partition coefficient (Wildman–Crippen LogP) is 2.99. The molecule has 2 rings (SSSR count). The normalized spacial score (nSPS) is 10.0. The molecule has 0 atom stereocenters. The topological polar surface area (TPSA) is 61.5 Å². The minimum atomic E-state index is -0.461. The van der Waals surface area contributed by atoms with Gasteiger partial charge in [0.25, 0.3) is 0 Å². The number of benzene rings is 2. The van der Waals surface area contributed by atoms with Crippen molar-refractivity contribution < 1.29 is 18.7 Å². The van der Waals surface area contributed by atoms with Crippen molar-refractivity contribution >= 4 is 11.7 Å². The zero-order valence-electron chi connectivity index (χ0n) is 10.2. The number of hydrogen-bond donors (Lipinski definition) is 1. The SMILES string of the molecule is COC(=O)c1cccc(Oc2ccc(F)cc2N)c1. The van der Waals surface area contributed by atoms with E-state index in [2.05, 4.69) is 4.74 Å². The minimum Gasteiger partial charge on any atom is -0.465 e. The highest BCUT2D eigenvalue weighted by Crippen LogP contribution is 2.28. The molecule has 4 nitrogen and oxygen atoms in total. The van der Waals surface area contributed by atoms with Crippen LogP contribution in [0.1, 0.15) is 10.4 Å². The second kappa shape index (κ2) is 5.39. The lowest BCUT2D eigenvalue weighted by Gasteiger charge is -2.09. The molecule has 0 heterocycles. The van der Waals surface area contributed by atoms with Gasteiger partial charge < -0.3 is 15.2 Å². The molecular formula is C14H12FNO3. The van der Waals surface area contributed by atoms with Gasteiger partial charge in [-0.1, -0.05) is 6.07 Å². The summed E-state index contributed by atoms with van der Waals surface area (Å²) in [5.74, 6) is -0.157. The Labute approximate surface area is 109 Å². The number of ether oxygens (including phenoxy) is 2. The first-order chi connectivity index (χ1) is 9.10. The van der Waals surface area contributed by atoms with E-state index >= 15 is 0 Å². The van der Waals surface area contributed by atoms with E-state index in [0.717, 1.165) is 0 Å². The fraction of sp³-hybridized carbons (Fsp3) is 0.0714. The average molecular weight is 261 g/mol. The van der Waals surface area contributed by atoms with Crippen molar-refractivity contribution in [1.29, 1.82) is 0 Å². The average Bonchev–Trinajstić information content (AvgIpc) is 2.41. The van der Waals surface area contributed by atoms with Crippen LogP contribution < -0.4 is 10.5 Å². The zero-order valence-corrected chi connectivity index (χ0v) is 10.2. The molecule has 0 saturated heterocycles. The van der Waals surface area contributed by atoms with E-state index in [1.54, 1.807) is 18.2 Å². The Hall–Kier alpha value is -2.56. The first-order valence-corrected chi connectivity index (χ1v) is 5.51. The highest BCUT2D eigenvalue weighted by Gasteiger charge is 2.08. The Morgan fingerprint density at radius 1 is 1.21 bits per heavy atom. The zero-order chi connectivity index (χ0) is 13.8. The first-order valence-electron chi connectivity index (χ1n) is 5.51. The maximum Gasteiger partial charge on any atom is 0.337 e. The van der Waals surface area contributed by atoms with Crippen LogP contribution >= 0.6 is 0 Å². The molecule has 0 radical (unpaired) electrons. The predicted molar refractivity (Wildman–Crippen MR) is 68.7 cm³/mol. The Bertz CT molecular complexity index is 613. The summed E-state index contributed by atoms with van der Waals surface area (Å²) in [4.78, 5) is 11.4. The molecule has 0 aliphatic heterocycles. The number of nitrogens with two attached hydrogens (primary N) is 1. The van der Waals surface area contributed by atoms with E-state index in [1.165, 1.54) is 31.4 Å². The number of carbonyl (C=O) groups excluding carboxylic acids is 1. The third-order valence-corrected chi connectivity index (χ3v) is 2.45. The number of halogens is 1. The van der Waals surface area contributed by atoms with Crippen LogP contribution in [0.15, 0.2) is 42.5 Å². The molecule has 5 heteroatoms. The highest BCUT2D eigenvalue weighted by molar-refractivity contribution is 5.89. The lowest BCUT2D eigenvalue weighted by molar-refractivity contribution is 0.0600. The fourth-order valence-electron chi connectivity index (χ4n) is 1.54. The maximum absolute atomic E-state index is 12.9. The van der Waals surface area contributed by atoms with Crippen molar-refractivity contribution in [3.8, 4) is 11.5 Å². The maximum atomic E-state index is 12.9. The van der Waals surface area contributed by atoms with Crippen LogP contribution in [-0.2, 0) is 4.74 Å². The smallest absolute Gasteiger partial charge is 0.337 e. The lowest BCUT2D eigenvalue weighted by atomic mass is 10.2. The summed E-state index contributed by atoms with van der Waals surface area (Å²) in [5.41, 5.74) is 6.18. The lowest BCUT2D eigenvalue weighted by Crippen LogP contribution is -2.01. The third-order valence-electron chi connectivity index (χ3n) is 2.45. The molecule has 0 aliphatic carbocycles. The molecule has 2 aromatic carbocycles. The number of rotatable bonds is 3. The Balaban J connectivity index is 2.26. The van der Waals surface area contributed by atoms with Crippen LogP contribution in [0.25, 0.3) is 0 Å². The summed E-state index contributed by atoms with van der Waals surface area (Å²) in [6.07, 6.45) is 0. The number of hydrogen-bond acceptors (Lipinski definition) is 4. The van der Waals surface area contributed by atoms with Crippen LogP contribution in [-0.4, -0.2) is 13.1 Å². The molecule has 19 heavy (non-hydrogen) atoms. The summed E-state index contributed by atoms with van der Waals surface area (Å²) >= 11 is 0. The Morgan fingerprint density at radius 3 is 2.68 bits per heavy atom. The molecule has 0 unspecified atom stereocenters. The van der Waals surface area contributed by atoms with Gasteiger partial charge >= 0.3 is 5.97 Å². The molecule has 0 spiro atoms. The molecule has 0 aromatic heterocycles. The van der Waals surface area contributed by atoms with Gasteiger partial charge in [0.1, 0.15) is 11.6 Å². The van der Waals surface area contributed by atoms with Crippen LogP contribution in [0.3, 0.4) is 0 Å². The van der Waals surface area contributed by atoms with Gasteiger partial charge in [0.15, 0.2) is 5.75 Å². The fourth-order valence-corrected chi connectivity index (χ4v) is 1.54. The Kier molecular flexibility index (Phi) is 3.66. The summed E-state index contributed by atoms with van der Waals surface area (Å²) in [5, 5.41) is 0. The van der Waals surface area contributed by atoms with Crippen LogP contribution in [0.4, 0.5) is 10.1 Å². The molecule has 0 aliphatic rings. The van der Waals surface area contributed by atoms with Crippen molar-refractivity contribution in [2.24, 2.45) is 0 Å². The molecule has 2 aromatic rings. The van der Waals surface area contributed by atoms with Crippen molar-refractivity contribution in [1.82, 2.24) is 0 Å². The number of esters is 1. The summed E-state index contributed by atoms with van der Waals surface area (Å²) < 4.78 is 23.0. The molecule has 2 N–H and O–H groups in total.